The Morgan fingerprint density at radius 3 is 1.90 bits per heavy atom. The zero-order valence-corrected chi connectivity index (χ0v) is 29.9. The van der Waals surface area contributed by atoms with E-state index in [-0.39, 0.29) is 23.6 Å². The Kier molecular flexibility index (Phi) is 16.0. The van der Waals surface area contributed by atoms with Gasteiger partial charge >= 0.3 is 15.6 Å². The molecule has 19 nitrogen and oxygen atoms in total. The molecule has 21 heteroatoms. The molecule has 0 bridgehead atoms. The predicted molar refractivity (Wildman–Crippen MR) is 176 cm³/mol. The summed E-state index contributed by atoms with van der Waals surface area (Å²) in [6.45, 7) is 0.812. The minimum atomic E-state index is -5.32. The van der Waals surface area contributed by atoms with Gasteiger partial charge in [-0.1, -0.05) is 77.6 Å². The van der Waals surface area contributed by atoms with E-state index in [2.05, 4.69) is 26.2 Å². The van der Waals surface area contributed by atoms with Gasteiger partial charge in [-0.15, -0.1) is 0 Å². The molecule has 0 aromatic carbocycles. The molecular weight excluding hydrogens is 704 g/mol. The molecule has 286 valence electrons. The predicted octanol–water partition coefficient (Wildman–Crippen LogP) is 2.44. The third kappa shape index (κ3) is 11.7. The third-order valence-corrected chi connectivity index (χ3v) is 11.2. The van der Waals surface area contributed by atoms with Crippen molar-refractivity contribution in [1.29, 1.82) is 0 Å². The molecule has 2 fully saturated rings. The summed E-state index contributed by atoms with van der Waals surface area (Å²) in [5.74, 6) is 0.0686. The summed E-state index contributed by atoms with van der Waals surface area (Å²) in [6, 6.07) is 0. The number of aliphatic hydroxyl groups is 4. The van der Waals surface area contributed by atoms with Crippen LogP contribution in [0.3, 0.4) is 0 Å². The molecule has 10 atom stereocenters. The minimum Gasteiger partial charge on any atom is -0.387 e. The second-order valence-electron chi connectivity index (χ2n) is 12.5. The van der Waals surface area contributed by atoms with E-state index in [1.807, 2.05) is 0 Å². The lowest BCUT2D eigenvalue weighted by Gasteiger charge is -2.20. The summed E-state index contributed by atoms with van der Waals surface area (Å²) >= 11 is 0. The molecule has 0 spiro atoms. The minimum absolute atomic E-state index is 0.0686. The summed E-state index contributed by atoms with van der Waals surface area (Å²) in [5, 5.41) is 41.6. The van der Waals surface area contributed by atoms with Gasteiger partial charge in [0, 0.05) is 6.61 Å². The molecule has 2 aromatic heterocycles. The molecule has 2 saturated heterocycles. The number of unbranched alkanes of at least 4 members (excludes halogenated alkanes) is 11. The summed E-state index contributed by atoms with van der Waals surface area (Å²) < 4.78 is 56.6. The monoisotopic (exact) mass is 755 g/mol. The molecule has 2 aliphatic rings. The molecule has 0 amide bonds. The van der Waals surface area contributed by atoms with Gasteiger partial charge in [-0.25, -0.2) is 24.1 Å². The number of ether oxygens (including phenoxy) is 3. The van der Waals surface area contributed by atoms with Crippen LogP contribution in [-0.2, 0) is 36.7 Å². The van der Waals surface area contributed by atoms with Gasteiger partial charge in [-0.3, -0.25) is 13.6 Å². The first-order valence-corrected chi connectivity index (χ1v) is 20.1. The number of aromatic nitrogens is 4. The Bertz CT molecular complexity index is 1420. The Balaban J connectivity index is 1.13. The molecule has 0 radical (unpaired) electrons. The van der Waals surface area contributed by atoms with Crippen LogP contribution in [0.1, 0.15) is 90.2 Å². The van der Waals surface area contributed by atoms with Crippen molar-refractivity contribution in [3.8, 4) is 0 Å². The fourth-order valence-corrected chi connectivity index (χ4v) is 7.89. The normalized spacial score (nSPS) is 29.4. The summed E-state index contributed by atoms with van der Waals surface area (Å²) in [5.41, 5.74) is 6.17. The molecule has 2 aromatic rings. The number of rotatable bonds is 23. The van der Waals surface area contributed by atoms with Crippen LogP contribution < -0.4 is 5.73 Å². The number of phosphoric acid groups is 2. The van der Waals surface area contributed by atoms with Crippen LogP contribution in [0.15, 0.2) is 12.7 Å². The first kappa shape index (κ1) is 41.1. The number of nitrogens with zero attached hydrogens (tertiary/aromatic N) is 4. The van der Waals surface area contributed by atoms with Crippen LogP contribution in [0.2, 0.25) is 0 Å². The van der Waals surface area contributed by atoms with Crippen molar-refractivity contribution >= 4 is 32.6 Å². The zero-order valence-electron chi connectivity index (χ0n) is 28.1. The van der Waals surface area contributed by atoms with E-state index in [4.69, 9.17) is 29.0 Å². The zero-order chi connectivity index (χ0) is 36.3. The average Bonchev–Trinajstić information content (AvgIpc) is 3.71. The van der Waals surface area contributed by atoms with Crippen molar-refractivity contribution in [1.82, 2.24) is 19.5 Å². The Morgan fingerprint density at radius 1 is 0.760 bits per heavy atom. The van der Waals surface area contributed by atoms with E-state index in [9.17, 15) is 39.3 Å². The van der Waals surface area contributed by atoms with Crippen molar-refractivity contribution in [3.05, 3.63) is 12.7 Å². The van der Waals surface area contributed by atoms with Crippen LogP contribution >= 0.6 is 15.6 Å². The number of imidazole rings is 1. The standard InChI is InChI=1S/C29H51N5O14P2/c1-2-3-4-5-6-7-8-9-10-11-12-13-14-43-29-25(38)23(36)20(47-29)16-45-50(41,42)48-49(39,40)44-15-19-22(35)24(37)28(46-19)34-18-33-21-26(30)31-17-32-27(21)34/h17-20,22-25,28-29,35-38H,2-16H2,1H3,(H,39,40)(H,41,42)(H2,30,31,32)/t19-,20-,22-,23-,24-,25-,28-,29+/m1/s1. The van der Waals surface area contributed by atoms with Crippen molar-refractivity contribution in [2.24, 2.45) is 0 Å². The van der Waals surface area contributed by atoms with Crippen LogP contribution in [0.4, 0.5) is 5.82 Å². The summed E-state index contributed by atoms with van der Waals surface area (Å²) in [7, 11) is -10.6. The number of hydrogen-bond acceptors (Lipinski definition) is 16. The van der Waals surface area contributed by atoms with E-state index in [0.29, 0.717) is 0 Å². The molecule has 2 aliphatic heterocycles. The van der Waals surface area contributed by atoms with Crippen molar-refractivity contribution < 1.29 is 66.9 Å². The van der Waals surface area contributed by atoms with E-state index >= 15 is 0 Å². The maximum atomic E-state index is 12.5. The van der Waals surface area contributed by atoms with Crippen molar-refractivity contribution in [3.63, 3.8) is 0 Å². The SMILES string of the molecule is CCCCCCCCCCCCCCO[C@H]1O[C@H](COP(=O)(O)OP(=O)(O)OC[C@H]2O[C@@H](n3cnc4c(N)ncnc43)[C@H](O)[C@@H]2O)[C@@H](O)[C@H]1O. The lowest BCUT2D eigenvalue weighted by atomic mass is 10.1. The third-order valence-electron chi connectivity index (χ3n) is 8.61. The number of nitrogen functional groups attached to an aromatic ring is 1. The quantitative estimate of drug-likeness (QED) is 0.0633. The maximum absolute atomic E-state index is 12.5. The smallest absolute Gasteiger partial charge is 0.387 e. The van der Waals surface area contributed by atoms with Crippen LogP contribution in [0, 0.1) is 0 Å². The first-order chi connectivity index (χ1) is 23.8. The number of nitrogens with two attached hydrogens (primary N) is 1. The van der Waals surface area contributed by atoms with Crippen molar-refractivity contribution in [2.45, 2.75) is 133 Å². The van der Waals surface area contributed by atoms with Crippen LogP contribution in [-0.4, -0.2) is 112 Å². The first-order valence-electron chi connectivity index (χ1n) is 17.1. The largest absolute Gasteiger partial charge is 0.481 e. The number of anilines is 1. The summed E-state index contributed by atoms with van der Waals surface area (Å²) in [4.78, 5) is 32.0. The molecule has 4 rings (SSSR count). The molecule has 0 saturated carbocycles. The Hall–Kier alpha value is -1.67. The highest BCUT2D eigenvalue weighted by Gasteiger charge is 2.47. The fraction of sp³-hybridized carbons (Fsp3) is 0.828. The molecular formula is C29H51N5O14P2. The van der Waals surface area contributed by atoms with E-state index in [1.165, 1.54) is 62.3 Å². The number of aliphatic hydroxyl groups excluding tert-OH is 4. The fourth-order valence-electron chi connectivity index (χ4n) is 5.80. The molecule has 50 heavy (non-hydrogen) atoms. The summed E-state index contributed by atoms with van der Waals surface area (Å²) in [6.07, 6.45) is 5.09. The maximum Gasteiger partial charge on any atom is 0.481 e. The Labute approximate surface area is 290 Å². The average molecular weight is 756 g/mol. The number of phosphoric ester groups is 2. The second-order valence-corrected chi connectivity index (χ2v) is 15.6. The van der Waals surface area contributed by atoms with Crippen molar-refractivity contribution in [2.75, 3.05) is 25.6 Å². The highest BCUT2D eigenvalue weighted by molar-refractivity contribution is 7.61. The van der Waals surface area contributed by atoms with Gasteiger partial charge in [0.1, 0.15) is 48.5 Å². The molecule has 0 aliphatic carbocycles. The van der Waals surface area contributed by atoms with Gasteiger partial charge in [-0.05, 0) is 6.42 Å². The number of hydrogen-bond donors (Lipinski definition) is 7. The van der Waals surface area contributed by atoms with E-state index < -0.39 is 78.0 Å². The van der Waals surface area contributed by atoms with Gasteiger partial charge in [0.05, 0.1) is 19.5 Å². The molecule has 8 N–H and O–H groups in total. The lowest BCUT2D eigenvalue weighted by Crippen LogP contribution is -2.35. The second kappa shape index (κ2) is 19.4. The highest BCUT2D eigenvalue weighted by atomic mass is 31.3. The number of fused-ring (bicyclic) bond motifs is 1. The van der Waals surface area contributed by atoms with Gasteiger partial charge in [0.25, 0.3) is 0 Å². The lowest BCUT2D eigenvalue weighted by molar-refractivity contribution is -0.169. The van der Waals surface area contributed by atoms with Crippen LogP contribution in [0.25, 0.3) is 11.2 Å². The van der Waals surface area contributed by atoms with E-state index in [0.717, 1.165) is 32.0 Å². The topological polar surface area (TPSA) is 281 Å². The van der Waals surface area contributed by atoms with Gasteiger partial charge in [-0.2, -0.15) is 4.31 Å². The van der Waals surface area contributed by atoms with E-state index in [1.54, 1.807) is 0 Å². The molecule has 4 heterocycles. The van der Waals surface area contributed by atoms with Gasteiger partial charge in [0.15, 0.2) is 24.0 Å². The Morgan fingerprint density at radius 2 is 1.30 bits per heavy atom. The van der Waals surface area contributed by atoms with Crippen LogP contribution in [0.5, 0.6) is 0 Å². The highest BCUT2D eigenvalue weighted by Crippen LogP contribution is 2.60. The molecule has 2 unspecified atom stereocenters. The van der Waals surface area contributed by atoms with Gasteiger partial charge < -0.3 is 50.2 Å². The van der Waals surface area contributed by atoms with Gasteiger partial charge in [0.2, 0.25) is 0 Å².